The van der Waals surface area contributed by atoms with E-state index in [0.717, 1.165) is 47.3 Å². The van der Waals surface area contributed by atoms with Crippen molar-refractivity contribution in [1.29, 1.82) is 0 Å². The van der Waals surface area contributed by atoms with E-state index in [1.54, 1.807) is 30.3 Å². The maximum absolute atomic E-state index is 14.2. The van der Waals surface area contributed by atoms with Gasteiger partial charge in [0.15, 0.2) is 0 Å². The number of rotatable bonds is 6. The summed E-state index contributed by atoms with van der Waals surface area (Å²) in [5.41, 5.74) is 5.59. The molecule has 1 aliphatic rings. The second-order valence-electron chi connectivity index (χ2n) is 9.34. The molecule has 188 valence electrons. The standard InChI is InChI=1S/C28H24ClFN4O3/c1-33-24-11-16(28(35)36)6-8-23(24)31-26(33)14-34-10-9-22-20(13-34)19-3-2-4-25(27(19)32-22)37-15-17-5-7-18(29)12-21(17)30/h2-8,11-12,32H,9-10,13-15H2,1H3,(H,35,36). The monoisotopic (exact) mass is 518 g/mol. The zero-order valence-electron chi connectivity index (χ0n) is 20.1. The first kappa shape index (κ1) is 23.5. The average molecular weight is 519 g/mol. The highest BCUT2D eigenvalue weighted by molar-refractivity contribution is 6.30. The molecule has 7 nitrogen and oxygen atoms in total. The number of carbonyl (C=O) groups is 1. The Morgan fingerprint density at radius 2 is 2.08 bits per heavy atom. The third-order valence-electron chi connectivity index (χ3n) is 7.03. The number of para-hydroxylation sites is 1. The lowest BCUT2D eigenvalue weighted by atomic mass is 10.0. The van der Waals surface area contributed by atoms with Crippen molar-refractivity contribution in [2.75, 3.05) is 6.54 Å². The van der Waals surface area contributed by atoms with E-state index < -0.39 is 5.97 Å². The first-order chi connectivity index (χ1) is 17.9. The van der Waals surface area contributed by atoms with Crippen molar-refractivity contribution in [3.8, 4) is 5.75 Å². The van der Waals surface area contributed by atoms with Crippen molar-refractivity contribution in [1.82, 2.24) is 19.4 Å². The fourth-order valence-corrected chi connectivity index (χ4v) is 5.19. The van der Waals surface area contributed by atoms with Crippen molar-refractivity contribution in [2.45, 2.75) is 26.1 Å². The minimum Gasteiger partial charge on any atom is -0.487 e. The van der Waals surface area contributed by atoms with E-state index in [0.29, 0.717) is 22.9 Å². The highest BCUT2D eigenvalue weighted by atomic mass is 35.5. The topological polar surface area (TPSA) is 83.4 Å². The Morgan fingerprint density at radius 1 is 1.22 bits per heavy atom. The number of benzene rings is 3. The number of aromatic carboxylic acids is 1. The third-order valence-corrected chi connectivity index (χ3v) is 7.27. The Hall–Kier alpha value is -3.88. The lowest BCUT2D eigenvalue weighted by Gasteiger charge is -2.26. The predicted octanol–water partition coefficient (Wildman–Crippen LogP) is 5.68. The fourth-order valence-electron chi connectivity index (χ4n) is 5.03. The second-order valence-corrected chi connectivity index (χ2v) is 9.78. The fraction of sp³-hybridized carbons (Fsp3) is 0.214. The summed E-state index contributed by atoms with van der Waals surface area (Å²) < 4.78 is 22.2. The van der Waals surface area contributed by atoms with E-state index >= 15 is 0 Å². The summed E-state index contributed by atoms with van der Waals surface area (Å²) >= 11 is 5.86. The minimum absolute atomic E-state index is 0.105. The van der Waals surface area contributed by atoms with E-state index in [1.165, 1.54) is 17.3 Å². The molecule has 0 amide bonds. The number of H-pyrrole nitrogens is 1. The van der Waals surface area contributed by atoms with Crippen LogP contribution in [0.2, 0.25) is 5.02 Å². The first-order valence-corrected chi connectivity index (χ1v) is 12.4. The number of nitrogens with zero attached hydrogens (tertiary/aromatic N) is 3. The zero-order chi connectivity index (χ0) is 25.7. The van der Waals surface area contributed by atoms with E-state index in [9.17, 15) is 14.3 Å². The van der Waals surface area contributed by atoms with Crippen LogP contribution < -0.4 is 4.74 Å². The van der Waals surface area contributed by atoms with Crippen molar-refractivity contribution in [3.05, 3.63) is 93.6 Å². The summed E-state index contributed by atoms with van der Waals surface area (Å²) in [7, 11) is 1.92. The molecule has 0 saturated heterocycles. The van der Waals surface area contributed by atoms with Crippen LogP contribution in [0.25, 0.3) is 21.9 Å². The number of nitrogens with one attached hydrogen (secondary N) is 1. The number of aryl methyl sites for hydroxylation is 1. The molecule has 3 heterocycles. The van der Waals surface area contributed by atoms with Gasteiger partial charge in [0.25, 0.3) is 0 Å². The van der Waals surface area contributed by atoms with E-state index in [2.05, 4.69) is 16.0 Å². The van der Waals surface area contributed by atoms with Gasteiger partial charge >= 0.3 is 5.97 Å². The van der Waals surface area contributed by atoms with Gasteiger partial charge in [-0.2, -0.15) is 0 Å². The molecular weight excluding hydrogens is 495 g/mol. The molecule has 5 aromatic rings. The second kappa shape index (κ2) is 9.21. The molecule has 0 spiro atoms. The van der Waals surface area contributed by atoms with Crippen molar-refractivity contribution in [3.63, 3.8) is 0 Å². The van der Waals surface area contributed by atoms with Crippen LogP contribution in [0.5, 0.6) is 5.75 Å². The van der Waals surface area contributed by atoms with E-state index in [4.69, 9.17) is 21.3 Å². The van der Waals surface area contributed by atoms with Crippen LogP contribution in [0.4, 0.5) is 4.39 Å². The highest BCUT2D eigenvalue weighted by Gasteiger charge is 2.24. The molecule has 0 saturated carbocycles. The molecule has 0 radical (unpaired) electrons. The van der Waals surface area contributed by atoms with Gasteiger partial charge in [0.2, 0.25) is 0 Å². The Bertz CT molecular complexity index is 1680. The Kier molecular flexibility index (Phi) is 5.85. The number of fused-ring (bicyclic) bond motifs is 4. The summed E-state index contributed by atoms with van der Waals surface area (Å²) in [6, 6.07) is 15.5. The van der Waals surface area contributed by atoms with Gasteiger partial charge in [-0.15, -0.1) is 0 Å². The van der Waals surface area contributed by atoms with Crippen LogP contribution in [0.15, 0.2) is 54.6 Å². The molecule has 2 N–H and O–H groups in total. The summed E-state index contributed by atoms with van der Waals surface area (Å²) in [4.78, 5) is 22.0. The quantitative estimate of drug-likeness (QED) is 0.302. The number of carboxylic acid groups (broad SMARTS) is 1. The zero-order valence-corrected chi connectivity index (χ0v) is 20.8. The van der Waals surface area contributed by atoms with Gasteiger partial charge in [-0.3, -0.25) is 4.90 Å². The van der Waals surface area contributed by atoms with Crippen LogP contribution in [-0.2, 0) is 33.2 Å². The molecule has 1 aliphatic heterocycles. The molecule has 0 atom stereocenters. The molecule has 6 rings (SSSR count). The van der Waals surface area contributed by atoms with Gasteiger partial charge in [-0.1, -0.05) is 29.8 Å². The Morgan fingerprint density at radius 3 is 2.89 bits per heavy atom. The van der Waals surface area contributed by atoms with Gasteiger partial charge < -0.3 is 19.4 Å². The Labute approximate surface area is 217 Å². The summed E-state index contributed by atoms with van der Waals surface area (Å²) in [6.45, 7) is 2.35. The number of halogens is 2. The molecule has 0 bridgehead atoms. The maximum atomic E-state index is 14.2. The average Bonchev–Trinajstić information content (AvgIpc) is 3.40. The molecule has 0 unspecified atom stereocenters. The molecule has 0 fully saturated rings. The maximum Gasteiger partial charge on any atom is 0.335 e. The van der Waals surface area contributed by atoms with Crippen LogP contribution in [0.3, 0.4) is 0 Å². The van der Waals surface area contributed by atoms with Crippen LogP contribution in [0, 0.1) is 5.82 Å². The molecule has 37 heavy (non-hydrogen) atoms. The molecule has 3 aromatic carbocycles. The van der Waals surface area contributed by atoms with E-state index in [-0.39, 0.29) is 18.0 Å². The SMILES string of the molecule is Cn1c(CN2CCc3[nH]c4c(OCc5ccc(Cl)cc5F)cccc4c3C2)nc2ccc(C(=O)O)cc21. The van der Waals surface area contributed by atoms with Gasteiger partial charge in [-0.05, 0) is 42.0 Å². The predicted molar refractivity (Wildman–Crippen MR) is 140 cm³/mol. The van der Waals surface area contributed by atoms with Crippen molar-refractivity contribution < 1.29 is 19.0 Å². The highest BCUT2D eigenvalue weighted by Crippen LogP contribution is 2.34. The molecular formula is C28H24ClFN4O3. The number of hydrogen-bond donors (Lipinski definition) is 2. The summed E-state index contributed by atoms with van der Waals surface area (Å²) in [5.74, 6) is 0.226. The van der Waals surface area contributed by atoms with Crippen molar-refractivity contribution in [2.24, 2.45) is 7.05 Å². The first-order valence-electron chi connectivity index (χ1n) is 12.0. The smallest absolute Gasteiger partial charge is 0.335 e. The normalized spacial score (nSPS) is 13.8. The summed E-state index contributed by atoms with van der Waals surface area (Å²) in [6.07, 6.45) is 0.850. The lowest BCUT2D eigenvalue weighted by Crippen LogP contribution is -2.30. The lowest BCUT2D eigenvalue weighted by molar-refractivity contribution is 0.0697. The van der Waals surface area contributed by atoms with Crippen LogP contribution in [-0.4, -0.2) is 37.1 Å². The molecule has 9 heteroatoms. The number of hydrogen-bond acceptors (Lipinski definition) is 4. The number of aromatic amines is 1. The number of aromatic nitrogens is 3. The molecule has 0 aliphatic carbocycles. The van der Waals surface area contributed by atoms with E-state index in [1.807, 2.05) is 23.7 Å². The Balaban J connectivity index is 1.24. The van der Waals surface area contributed by atoms with Gasteiger partial charge in [-0.25, -0.2) is 14.2 Å². The van der Waals surface area contributed by atoms with Crippen molar-refractivity contribution >= 4 is 39.5 Å². The number of imidazole rings is 1. The number of ether oxygens (including phenoxy) is 1. The van der Waals surface area contributed by atoms with Crippen LogP contribution >= 0.6 is 11.6 Å². The largest absolute Gasteiger partial charge is 0.487 e. The van der Waals surface area contributed by atoms with Crippen LogP contribution in [0.1, 0.15) is 33.0 Å². The van der Waals surface area contributed by atoms with Gasteiger partial charge in [0, 0.05) is 48.2 Å². The summed E-state index contributed by atoms with van der Waals surface area (Å²) in [5, 5.41) is 10.8. The third kappa shape index (κ3) is 4.32. The van der Waals surface area contributed by atoms with Gasteiger partial charge in [0.05, 0.1) is 28.7 Å². The van der Waals surface area contributed by atoms with Gasteiger partial charge in [0.1, 0.15) is 24.0 Å². The minimum atomic E-state index is -0.950. The molecule has 2 aromatic heterocycles. The number of carboxylic acids is 1.